The Hall–Kier alpha value is -3.46. The number of oxazole rings is 1. The molecule has 146 valence electrons. The van der Waals surface area contributed by atoms with Crippen molar-refractivity contribution in [1.82, 2.24) is 10.5 Å². The molecule has 9 nitrogen and oxygen atoms in total. The molecule has 0 atom stereocenters. The van der Waals surface area contributed by atoms with E-state index < -0.39 is 4.92 Å². The van der Waals surface area contributed by atoms with Gasteiger partial charge in [-0.1, -0.05) is 0 Å². The number of non-ortho nitro benzene ring substituents is 1. The number of nitrogens with one attached hydrogen (secondary N) is 1. The number of fused-ring (bicyclic) bond motifs is 1. The molecule has 0 spiro atoms. The van der Waals surface area contributed by atoms with Crippen LogP contribution in [0, 0.1) is 10.1 Å². The fraction of sp³-hybridized carbons (Fsp3) is 0.263. The molecular weight excluding hydrogens is 366 g/mol. The molecule has 0 aliphatic rings. The summed E-state index contributed by atoms with van der Waals surface area (Å²) in [5.74, 6) is 0.693. The van der Waals surface area contributed by atoms with Gasteiger partial charge in [-0.2, -0.15) is 0 Å². The largest absolute Gasteiger partial charge is 0.494 e. The molecule has 0 bridgehead atoms. The van der Waals surface area contributed by atoms with E-state index in [1.165, 1.54) is 12.1 Å². The maximum absolute atomic E-state index is 10.9. The van der Waals surface area contributed by atoms with E-state index in [0.717, 1.165) is 18.4 Å². The van der Waals surface area contributed by atoms with E-state index in [-0.39, 0.29) is 11.6 Å². The van der Waals surface area contributed by atoms with Crippen LogP contribution in [0.1, 0.15) is 25.7 Å². The zero-order chi connectivity index (χ0) is 19.9. The first-order valence-electron chi connectivity index (χ1n) is 8.78. The Balaban J connectivity index is 1.55. The average molecular weight is 385 g/mol. The molecule has 28 heavy (non-hydrogen) atoms. The summed E-state index contributed by atoms with van der Waals surface area (Å²) in [5, 5.41) is 19.3. The lowest BCUT2D eigenvalue weighted by Crippen LogP contribution is -2.17. The predicted octanol–water partition coefficient (Wildman–Crippen LogP) is 3.85. The lowest BCUT2D eigenvalue weighted by atomic mass is 10.2. The molecule has 1 heterocycles. The maximum Gasteiger partial charge on any atom is 0.273 e. The van der Waals surface area contributed by atoms with E-state index in [4.69, 9.17) is 14.4 Å². The second-order valence-corrected chi connectivity index (χ2v) is 6.15. The average Bonchev–Trinajstić information content (AvgIpc) is 3.14. The number of amides is 1. The van der Waals surface area contributed by atoms with Crippen LogP contribution in [0.4, 0.5) is 5.69 Å². The number of hydrogen-bond acceptors (Lipinski definition) is 7. The number of hydroxylamine groups is 1. The Morgan fingerprint density at radius 2 is 1.96 bits per heavy atom. The minimum atomic E-state index is -0.477. The number of carbonyl (C=O) groups excluding carboxylic acids is 1. The third kappa shape index (κ3) is 4.83. The molecule has 0 unspecified atom stereocenters. The molecule has 0 saturated carbocycles. The van der Waals surface area contributed by atoms with Crippen molar-refractivity contribution in [2.45, 2.75) is 25.7 Å². The first kappa shape index (κ1) is 19.3. The van der Waals surface area contributed by atoms with Crippen LogP contribution in [0.5, 0.6) is 5.75 Å². The van der Waals surface area contributed by atoms with Gasteiger partial charge in [-0.25, -0.2) is 10.5 Å². The van der Waals surface area contributed by atoms with Crippen molar-refractivity contribution in [2.24, 2.45) is 0 Å². The lowest BCUT2D eigenvalue weighted by Gasteiger charge is -2.06. The van der Waals surface area contributed by atoms with Crippen molar-refractivity contribution in [1.29, 1.82) is 0 Å². The van der Waals surface area contributed by atoms with Gasteiger partial charge in [0.15, 0.2) is 5.58 Å². The van der Waals surface area contributed by atoms with Gasteiger partial charge in [0, 0.05) is 18.1 Å². The predicted molar refractivity (Wildman–Crippen MR) is 100.0 cm³/mol. The van der Waals surface area contributed by atoms with Crippen LogP contribution >= 0.6 is 0 Å². The first-order valence-corrected chi connectivity index (χ1v) is 8.78. The Bertz CT molecular complexity index is 967. The summed E-state index contributed by atoms with van der Waals surface area (Å²) in [7, 11) is 0. The summed E-state index contributed by atoms with van der Waals surface area (Å²) in [4.78, 5) is 25.6. The van der Waals surface area contributed by atoms with E-state index in [2.05, 4.69) is 4.98 Å². The summed E-state index contributed by atoms with van der Waals surface area (Å²) < 4.78 is 11.3. The molecule has 2 N–H and O–H groups in total. The standard InChI is InChI=1S/C19H19N3O6/c23-18(21-24)4-2-1-3-11-27-15-8-5-13(6-9-15)19-20-16-10-7-14(22(25)26)12-17(16)28-19/h5-10,12,24H,1-4,11H2,(H,21,23). The smallest absolute Gasteiger partial charge is 0.273 e. The first-order chi connectivity index (χ1) is 13.6. The molecule has 0 radical (unpaired) electrons. The highest BCUT2D eigenvalue weighted by Crippen LogP contribution is 2.28. The molecule has 9 heteroatoms. The lowest BCUT2D eigenvalue weighted by molar-refractivity contribution is -0.384. The zero-order valence-electron chi connectivity index (χ0n) is 15.0. The van der Waals surface area contributed by atoms with Crippen LogP contribution in [-0.2, 0) is 4.79 Å². The molecule has 3 rings (SSSR count). The van der Waals surface area contributed by atoms with Gasteiger partial charge in [0.05, 0.1) is 17.6 Å². The molecule has 3 aromatic rings. The van der Waals surface area contributed by atoms with Gasteiger partial charge in [0.1, 0.15) is 11.3 Å². The van der Waals surface area contributed by atoms with Gasteiger partial charge in [0.2, 0.25) is 11.8 Å². The van der Waals surface area contributed by atoms with Gasteiger partial charge in [0.25, 0.3) is 5.69 Å². The van der Waals surface area contributed by atoms with Crippen molar-refractivity contribution < 1.29 is 24.1 Å². The van der Waals surface area contributed by atoms with Gasteiger partial charge >= 0.3 is 0 Å². The van der Waals surface area contributed by atoms with Gasteiger partial charge in [-0.15, -0.1) is 0 Å². The Kier molecular flexibility index (Phi) is 6.18. The van der Waals surface area contributed by atoms with Crippen molar-refractivity contribution in [2.75, 3.05) is 6.61 Å². The van der Waals surface area contributed by atoms with Crippen molar-refractivity contribution >= 4 is 22.7 Å². The van der Waals surface area contributed by atoms with Crippen molar-refractivity contribution in [3.63, 3.8) is 0 Å². The number of nitro groups is 1. The topological polar surface area (TPSA) is 128 Å². The van der Waals surface area contributed by atoms with Gasteiger partial charge < -0.3 is 9.15 Å². The number of nitrogens with zero attached hydrogens (tertiary/aromatic N) is 2. The monoisotopic (exact) mass is 385 g/mol. The number of unbranched alkanes of at least 4 members (excludes halogenated alkanes) is 2. The second kappa shape index (κ2) is 8.96. The Morgan fingerprint density at radius 3 is 2.68 bits per heavy atom. The molecule has 0 fully saturated rings. The van der Waals surface area contributed by atoms with Crippen LogP contribution in [0.15, 0.2) is 46.9 Å². The highest BCUT2D eigenvalue weighted by atomic mass is 16.6. The minimum absolute atomic E-state index is 0.0454. The van der Waals surface area contributed by atoms with Crippen LogP contribution < -0.4 is 10.2 Å². The van der Waals surface area contributed by atoms with Crippen molar-refractivity contribution in [3.8, 4) is 17.2 Å². The summed E-state index contributed by atoms with van der Waals surface area (Å²) in [6, 6.07) is 11.5. The molecular formula is C19H19N3O6. The number of benzene rings is 2. The number of rotatable bonds is 9. The fourth-order valence-electron chi connectivity index (χ4n) is 2.65. The third-order valence-electron chi connectivity index (χ3n) is 4.13. The minimum Gasteiger partial charge on any atom is -0.494 e. The number of hydrogen-bond donors (Lipinski definition) is 2. The summed E-state index contributed by atoms with van der Waals surface area (Å²) >= 11 is 0. The summed E-state index contributed by atoms with van der Waals surface area (Å²) in [5.41, 5.74) is 3.21. The van der Waals surface area contributed by atoms with E-state index in [1.54, 1.807) is 35.8 Å². The summed E-state index contributed by atoms with van der Waals surface area (Å²) in [6.07, 6.45) is 2.59. The van der Waals surface area contributed by atoms with E-state index >= 15 is 0 Å². The molecule has 2 aromatic carbocycles. The molecule has 0 aliphatic heterocycles. The maximum atomic E-state index is 10.9. The van der Waals surface area contributed by atoms with E-state index in [1.807, 2.05) is 0 Å². The van der Waals surface area contributed by atoms with Gasteiger partial charge in [-0.3, -0.25) is 20.1 Å². The highest BCUT2D eigenvalue weighted by molar-refractivity contribution is 5.78. The fourth-order valence-corrected chi connectivity index (χ4v) is 2.65. The Labute approximate surface area is 160 Å². The SMILES string of the molecule is O=C(CCCCCOc1ccc(-c2nc3ccc([N+](=O)[O-])cc3o2)cc1)NO. The normalized spacial score (nSPS) is 10.8. The highest BCUT2D eigenvalue weighted by Gasteiger charge is 2.13. The molecule has 1 amide bonds. The van der Waals surface area contributed by atoms with E-state index in [0.29, 0.717) is 42.2 Å². The van der Waals surface area contributed by atoms with Crippen LogP contribution in [0.25, 0.3) is 22.6 Å². The second-order valence-electron chi connectivity index (χ2n) is 6.15. The number of carbonyl (C=O) groups is 1. The van der Waals surface area contributed by atoms with Crippen molar-refractivity contribution in [3.05, 3.63) is 52.6 Å². The molecule has 0 saturated heterocycles. The quantitative estimate of drug-likeness (QED) is 0.248. The number of nitro benzene ring substituents is 1. The Morgan fingerprint density at radius 1 is 1.18 bits per heavy atom. The summed E-state index contributed by atoms with van der Waals surface area (Å²) in [6.45, 7) is 0.520. The van der Waals surface area contributed by atoms with Crippen LogP contribution in [0.2, 0.25) is 0 Å². The zero-order valence-corrected chi connectivity index (χ0v) is 15.0. The molecule has 1 aromatic heterocycles. The van der Waals surface area contributed by atoms with Crippen LogP contribution in [-0.4, -0.2) is 27.6 Å². The number of aromatic nitrogens is 1. The van der Waals surface area contributed by atoms with Crippen LogP contribution in [0.3, 0.4) is 0 Å². The third-order valence-corrected chi connectivity index (χ3v) is 4.13. The van der Waals surface area contributed by atoms with Gasteiger partial charge in [-0.05, 0) is 49.6 Å². The van der Waals surface area contributed by atoms with E-state index in [9.17, 15) is 14.9 Å². The molecule has 0 aliphatic carbocycles. The number of ether oxygens (including phenoxy) is 1.